The van der Waals surface area contributed by atoms with Crippen molar-refractivity contribution in [3.8, 4) is 5.75 Å². The van der Waals surface area contributed by atoms with Crippen LogP contribution in [0.5, 0.6) is 5.75 Å². The molecular formula is C21H20N2O. The van der Waals surface area contributed by atoms with E-state index in [0.29, 0.717) is 6.61 Å². The standard InChI is InChI=1S/C21H20N2O/c1-2-24-21-15-13-18(14-16-21)17-22-23(19-9-5-3-6-10-19)20-11-7-4-8-12-20/h3-17H,2H2,1H3/b22-17+. The minimum atomic E-state index is 0.670. The third-order valence-electron chi connectivity index (χ3n) is 3.51. The maximum atomic E-state index is 5.47. The highest BCUT2D eigenvalue weighted by atomic mass is 16.5. The quantitative estimate of drug-likeness (QED) is 0.458. The van der Waals surface area contributed by atoms with Crippen molar-refractivity contribution in [3.63, 3.8) is 0 Å². The first-order valence-corrected chi connectivity index (χ1v) is 8.04. The minimum Gasteiger partial charge on any atom is -0.494 e. The Balaban J connectivity index is 1.86. The Bertz CT molecular complexity index is 728. The molecule has 0 atom stereocenters. The van der Waals surface area contributed by atoms with Crippen molar-refractivity contribution in [2.45, 2.75) is 6.92 Å². The summed E-state index contributed by atoms with van der Waals surface area (Å²) in [4.78, 5) is 0. The van der Waals surface area contributed by atoms with Crippen molar-refractivity contribution >= 4 is 17.6 Å². The molecule has 3 nitrogen and oxygen atoms in total. The second-order valence-electron chi connectivity index (χ2n) is 5.23. The highest BCUT2D eigenvalue weighted by Gasteiger charge is 2.06. The van der Waals surface area contributed by atoms with Crippen LogP contribution in [0.2, 0.25) is 0 Å². The molecule has 0 aliphatic rings. The molecule has 0 fully saturated rings. The number of hydrazone groups is 1. The monoisotopic (exact) mass is 316 g/mol. The first kappa shape index (κ1) is 15.8. The average molecular weight is 316 g/mol. The van der Waals surface area contributed by atoms with Gasteiger partial charge < -0.3 is 4.74 Å². The average Bonchev–Trinajstić information content (AvgIpc) is 2.65. The third kappa shape index (κ3) is 4.02. The van der Waals surface area contributed by atoms with E-state index >= 15 is 0 Å². The second-order valence-corrected chi connectivity index (χ2v) is 5.23. The van der Waals surface area contributed by atoms with Crippen LogP contribution in [0.15, 0.2) is 90.0 Å². The predicted molar refractivity (Wildman–Crippen MR) is 100 cm³/mol. The van der Waals surface area contributed by atoms with E-state index in [-0.39, 0.29) is 0 Å². The molecule has 0 bridgehead atoms. The van der Waals surface area contributed by atoms with Gasteiger partial charge >= 0.3 is 0 Å². The summed E-state index contributed by atoms with van der Waals surface area (Å²) in [6, 6.07) is 28.2. The van der Waals surface area contributed by atoms with Crippen LogP contribution in [0.3, 0.4) is 0 Å². The van der Waals surface area contributed by atoms with Gasteiger partial charge in [0.1, 0.15) is 5.75 Å². The summed E-state index contributed by atoms with van der Waals surface area (Å²) in [5.74, 6) is 0.873. The smallest absolute Gasteiger partial charge is 0.119 e. The molecule has 0 aromatic heterocycles. The summed E-state index contributed by atoms with van der Waals surface area (Å²) in [6.45, 7) is 2.65. The molecule has 3 heteroatoms. The third-order valence-corrected chi connectivity index (χ3v) is 3.51. The van der Waals surface area contributed by atoms with Crippen LogP contribution in [-0.2, 0) is 0 Å². The van der Waals surface area contributed by atoms with Crippen molar-refractivity contribution in [2.24, 2.45) is 5.10 Å². The van der Waals surface area contributed by atoms with Gasteiger partial charge in [0.25, 0.3) is 0 Å². The van der Waals surface area contributed by atoms with Gasteiger partial charge in [-0.3, -0.25) is 0 Å². The maximum Gasteiger partial charge on any atom is 0.119 e. The van der Waals surface area contributed by atoms with Crippen molar-refractivity contribution < 1.29 is 4.74 Å². The number of para-hydroxylation sites is 2. The van der Waals surface area contributed by atoms with Crippen molar-refractivity contribution in [2.75, 3.05) is 11.6 Å². The number of ether oxygens (including phenoxy) is 1. The van der Waals surface area contributed by atoms with Crippen LogP contribution in [-0.4, -0.2) is 12.8 Å². The van der Waals surface area contributed by atoms with E-state index in [1.165, 1.54) is 0 Å². The Labute approximate surface area is 142 Å². The van der Waals surface area contributed by atoms with Crippen molar-refractivity contribution in [3.05, 3.63) is 90.5 Å². The molecule has 0 aliphatic heterocycles. The Kier molecular flexibility index (Phi) is 5.25. The molecular weight excluding hydrogens is 296 g/mol. The van der Waals surface area contributed by atoms with E-state index < -0.39 is 0 Å². The Morgan fingerprint density at radius 3 is 1.83 bits per heavy atom. The predicted octanol–water partition coefficient (Wildman–Crippen LogP) is 5.26. The number of benzene rings is 3. The molecule has 0 heterocycles. The lowest BCUT2D eigenvalue weighted by Crippen LogP contribution is -2.09. The topological polar surface area (TPSA) is 24.8 Å². The van der Waals surface area contributed by atoms with Gasteiger partial charge in [-0.15, -0.1) is 0 Å². The Morgan fingerprint density at radius 2 is 1.33 bits per heavy atom. The van der Waals surface area contributed by atoms with E-state index in [1.54, 1.807) is 0 Å². The van der Waals surface area contributed by atoms with Gasteiger partial charge in [0.05, 0.1) is 24.2 Å². The minimum absolute atomic E-state index is 0.670. The molecule has 0 saturated carbocycles. The molecule has 3 aromatic carbocycles. The van der Waals surface area contributed by atoms with E-state index in [0.717, 1.165) is 22.7 Å². The van der Waals surface area contributed by atoms with Crippen LogP contribution in [0.1, 0.15) is 12.5 Å². The van der Waals surface area contributed by atoms with Gasteiger partial charge in [0, 0.05) is 0 Å². The molecule has 120 valence electrons. The van der Waals surface area contributed by atoms with Crippen molar-refractivity contribution in [1.29, 1.82) is 0 Å². The molecule has 24 heavy (non-hydrogen) atoms. The Hall–Kier alpha value is -3.07. The largest absolute Gasteiger partial charge is 0.494 e. The fraction of sp³-hybridized carbons (Fsp3) is 0.0952. The fourth-order valence-electron chi connectivity index (χ4n) is 2.36. The molecule has 0 unspecified atom stereocenters. The lowest BCUT2D eigenvalue weighted by Gasteiger charge is -2.19. The lowest BCUT2D eigenvalue weighted by atomic mass is 10.2. The van der Waals surface area contributed by atoms with Crippen LogP contribution < -0.4 is 9.75 Å². The first-order valence-electron chi connectivity index (χ1n) is 8.04. The second kappa shape index (κ2) is 7.97. The van der Waals surface area contributed by atoms with Gasteiger partial charge in [0.2, 0.25) is 0 Å². The van der Waals surface area contributed by atoms with Gasteiger partial charge in [-0.05, 0) is 61.0 Å². The Morgan fingerprint density at radius 1 is 0.792 bits per heavy atom. The molecule has 0 aliphatic carbocycles. The van der Waals surface area contributed by atoms with Crippen molar-refractivity contribution in [1.82, 2.24) is 0 Å². The number of rotatable bonds is 6. The van der Waals surface area contributed by atoms with E-state index in [9.17, 15) is 0 Å². The van der Waals surface area contributed by atoms with Gasteiger partial charge in [-0.1, -0.05) is 36.4 Å². The lowest BCUT2D eigenvalue weighted by molar-refractivity contribution is 0.340. The molecule has 0 amide bonds. The van der Waals surface area contributed by atoms with Gasteiger partial charge in [-0.25, -0.2) is 5.01 Å². The molecule has 3 aromatic rings. The van der Waals surface area contributed by atoms with E-state index in [1.807, 2.05) is 103 Å². The molecule has 0 saturated heterocycles. The van der Waals surface area contributed by atoms with Crippen LogP contribution in [0.4, 0.5) is 11.4 Å². The number of nitrogens with zero attached hydrogens (tertiary/aromatic N) is 2. The van der Waals surface area contributed by atoms with Gasteiger partial charge in [0.15, 0.2) is 0 Å². The SMILES string of the molecule is CCOc1ccc(/C=N/N(c2ccccc2)c2ccccc2)cc1. The summed E-state index contributed by atoms with van der Waals surface area (Å²) in [5.41, 5.74) is 3.06. The van der Waals surface area contributed by atoms with Crippen LogP contribution >= 0.6 is 0 Å². The first-order chi connectivity index (χ1) is 11.9. The fourth-order valence-corrected chi connectivity index (χ4v) is 2.36. The molecule has 0 N–H and O–H groups in total. The zero-order valence-electron chi connectivity index (χ0n) is 13.7. The summed E-state index contributed by atoms with van der Waals surface area (Å²) in [6.07, 6.45) is 1.86. The highest BCUT2D eigenvalue weighted by molar-refractivity contribution is 5.81. The zero-order chi connectivity index (χ0) is 16.6. The molecule has 0 spiro atoms. The number of hydrogen-bond donors (Lipinski definition) is 0. The zero-order valence-corrected chi connectivity index (χ0v) is 13.7. The summed E-state index contributed by atoms with van der Waals surface area (Å²) >= 11 is 0. The summed E-state index contributed by atoms with van der Waals surface area (Å²) in [7, 11) is 0. The normalized spacial score (nSPS) is 10.7. The summed E-state index contributed by atoms with van der Waals surface area (Å²) < 4.78 is 5.47. The maximum absolute atomic E-state index is 5.47. The van der Waals surface area contributed by atoms with Crippen LogP contribution in [0.25, 0.3) is 0 Å². The van der Waals surface area contributed by atoms with E-state index in [2.05, 4.69) is 5.10 Å². The van der Waals surface area contributed by atoms with E-state index in [4.69, 9.17) is 4.74 Å². The molecule has 3 rings (SSSR count). The van der Waals surface area contributed by atoms with Gasteiger partial charge in [-0.2, -0.15) is 5.10 Å². The summed E-state index contributed by atoms with van der Waals surface area (Å²) in [5, 5.41) is 6.60. The highest BCUT2D eigenvalue weighted by Crippen LogP contribution is 2.25. The molecule has 0 radical (unpaired) electrons. The number of anilines is 2. The van der Waals surface area contributed by atoms with Crippen LogP contribution in [0, 0.1) is 0 Å². The number of hydrogen-bond acceptors (Lipinski definition) is 3.